The van der Waals surface area contributed by atoms with Gasteiger partial charge >= 0.3 is 0 Å². The molecule has 0 amide bonds. The van der Waals surface area contributed by atoms with Crippen LogP contribution in [0.4, 0.5) is 8.78 Å². The van der Waals surface area contributed by atoms with E-state index < -0.39 is 17.7 Å². The second kappa shape index (κ2) is 4.40. The molecule has 1 heterocycles. The van der Waals surface area contributed by atoms with Crippen molar-refractivity contribution in [3.05, 3.63) is 53.6 Å². The van der Waals surface area contributed by atoms with Gasteiger partial charge in [0, 0.05) is 24.9 Å². The van der Waals surface area contributed by atoms with Gasteiger partial charge in [0.05, 0.1) is 6.10 Å². The number of nitrogens with one attached hydrogen (secondary N) is 1. The number of nitrogens with zero attached hydrogens (tertiary/aromatic N) is 1. The Morgan fingerprint density at radius 1 is 1.25 bits per heavy atom. The molecule has 0 aliphatic rings. The molecule has 16 heavy (non-hydrogen) atoms. The monoisotopic (exact) mass is 224 g/mol. The molecule has 0 radical (unpaired) electrons. The van der Waals surface area contributed by atoms with Gasteiger partial charge in [-0.1, -0.05) is 0 Å². The zero-order chi connectivity index (χ0) is 11.5. The average molecular weight is 224 g/mol. The Balaban J connectivity index is 2.17. The number of benzene rings is 1. The highest BCUT2D eigenvalue weighted by Gasteiger charge is 2.12. The summed E-state index contributed by atoms with van der Waals surface area (Å²) in [6.45, 7) is 0. The lowest BCUT2D eigenvalue weighted by Crippen LogP contribution is -2.04. The third kappa shape index (κ3) is 2.43. The van der Waals surface area contributed by atoms with E-state index in [1.807, 2.05) is 0 Å². The summed E-state index contributed by atoms with van der Waals surface area (Å²) >= 11 is 0. The number of aliphatic hydroxyl groups excluding tert-OH is 1. The molecule has 84 valence electrons. The average Bonchev–Trinajstić information content (AvgIpc) is 2.68. The maximum absolute atomic E-state index is 12.9. The Bertz CT molecular complexity index is 451. The second-order valence-corrected chi connectivity index (χ2v) is 3.46. The van der Waals surface area contributed by atoms with Crippen molar-refractivity contribution in [1.82, 2.24) is 9.97 Å². The van der Waals surface area contributed by atoms with Crippen molar-refractivity contribution in [3.63, 3.8) is 0 Å². The lowest BCUT2D eigenvalue weighted by atomic mass is 10.1. The number of aromatic amines is 1. The Kier molecular flexibility index (Phi) is 2.96. The van der Waals surface area contributed by atoms with Gasteiger partial charge in [0.25, 0.3) is 0 Å². The summed E-state index contributed by atoms with van der Waals surface area (Å²) < 4.78 is 25.8. The molecule has 0 fully saturated rings. The highest BCUT2D eigenvalue weighted by Crippen LogP contribution is 2.18. The minimum absolute atomic E-state index is 0.190. The van der Waals surface area contributed by atoms with Gasteiger partial charge in [-0.2, -0.15) is 0 Å². The SMILES string of the molecule is OC(Cc1ncc[nH]1)c1cc(F)cc(F)c1. The van der Waals surface area contributed by atoms with Gasteiger partial charge in [0.1, 0.15) is 17.5 Å². The minimum atomic E-state index is -0.976. The number of hydrogen-bond acceptors (Lipinski definition) is 2. The molecule has 1 aromatic heterocycles. The fraction of sp³-hybridized carbons (Fsp3) is 0.182. The summed E-state index contributed by atoms with van der Waals surface area (Å²) in [6, 6.07) is 2.98. The number of rotatable bonds is 3. The van der Waals surface area contributed by atoms with Crippen LogP contribution in [0, 0.1) is 11.6 Å². The Hall–Kier alpha value is -1.75. The Labute approximate surface area is 90.8 Å². The van der Waals surface area contributed by atoms with Crippen molar-refractivity contribution in [3.8, 4) is 0 Å². The zero-order valence-electron chi connectivity index (χ0n) is 8.32. The number of imidazole rings is 1. The fourth-order valence-electron chi connectivity index (χ4n) is 1.48. The van der Waals surface area contributed by atoms with Crippen LogP contribution in [-0.2, 0) is 6.42 Å². The van der Waals surface area contributed by atoms with Crippen molar-refractivity contribution in [2.24, 2.45) is 0 Å². The Morgan fingerprint density at radius 3 is 2.50 bits per heavy atom. The number of aliphatic hydroxyl groups is 1. The van der Waals surface area contributed by atoms with E-state index in [1.165, 1.54) is 0 Å². The van der Waals surface area contributed by atoms with Crippen LogP contribution in [0.2, 0.25) is 0 Å². The van der Waals surface area contributed by atoms with Crippen LogP contribution in [0.1, 0.15) is 17.5 Å². The largest absolute Gasteiger partial charge is 0.388 e. The van der Waals surface area contributed by atoms with E-state index in [0.29, 0.717) is 5.82 Å². The van der Waals surface area contributed by atoms with E-state index in [-0.39, 0.29) is 12.0 Å². The van der Waals surface area contributed by atoms with Crippen LogP contribution >= 0.6 is 0 Å². The number of hydrogen-bond donors (Lipinski definition) is 2. The smallest absolute Gasteiger partial charge is 0.126 e. The Morgan fingerprint density at radius 2 is 1.94 bits per heavy atom. The summed E-state index contributed by atoms with van der Waals surface area (Å²) in [5.41, 5.74) is 0.203. The van der Waals surface area contributed by atoms with E-state index in [4.69, 9.17) is 0 Å². The molecule has 3 nitrogen and oxygen atoms in total. The zero-order valence-corrected chi connectivity index (χ0v) is 8.32. The van der Waals surface area contributed by atoms with Crippen LogP contribution in [0.25, 0.3) is 0 Å². The molecule has 2 aromatic rings. The molecule has 0 aliphatic heterocycles. The van der Waals surface area contributed by atoms with Gasteiger partial charge in [-0.15, -0.1) is 0 Å². The summed E-state index contributed by atoms with van der Waals surface area (Å²) in [4.78, 5) is 6.73. The lowest BCUT2D eigenvalue weighted by Gasteiger charge is -2.09. The molecule has 5 heteroatoms. The van der Waals surface area contributed by atoms with Crippen molar-refractivity contribution < 1.29 is 13.9 Å². The highest BCUT2D eigenvalue weighted by molar-refractivity contribution is 5.21. The van der Waals surface area contributed by atoms with E-state index in [9.17, 15) is 13.9 Å². The number of halogens is 2. The van der Waals surface area contributed by atoms with Crippen molar-refractivity contribution in [2.75, 3.05) is 0 Å². The lowest BCUT2D eigenvalue weighted by molar-refractivity contribution is 0.175. The maximum Gasteiger partial charge on any atom is 0.126 e. The first kappa shape index (κ1) is 10.8. The van der Waals surface area contributed by atoms with Crippen molar-refractivity contribution in [2.45, 2.75) is 12.5 Å². The normalized spacial score (nSPS) is 12.7. The van der Waals surface area contributed by atoms with Crippen LogP contribution in [0.3, 0.4) is 0 Å². The molecule has 1 aromatic carbocycles. The van der Waals surface area contributed by atoms with E-state index in [0.717, 1.165) is 18.2 Å². The third-order valence-electron chi connectivity index (χ3n) is 2.21. The summed E-state index contributed by atoms with van der Waals surface area (Å²) in [5.74, 6) is -0.834. The molecular formula is C11H10F2N2O. The number of aromatic nitrogens is 2. The molecule has 0 saturated carbocycles. The first-order valence-electron chi connectivity index (χ1n) is 4.77. The molecule has 0 saturated heterocycles. The van der Waals surface area contributed by atoms with E-state index >= 15 is 0 Å². The molecular weight excluding hydrogens is 214 g/mol. The molecule has 2 N–H and O–H groups in total. The van der Waals surface area contributed by atoms with Crippen molar-refractivity contribution >= 4 is 0 Å². The van der Waals surface area contributed by atoms with Gasteiger partial charge in [-0.05, 0) is 17.7 Å². The van der Waals surface area contributed by atoms with Crippen molar-refractivity contribution in [1.29, 1.82) is 0 Å². The van der Waals surface area contributed by atoms with Crippen LogP contribution in [0.5, 0.6) is 0 Å². The first-order valence-corrected chi connectivity index (χ1v) is 4.77. The molecule has 1 unspecified atom stereocenters. The predicted molar refractivity (Wildman–Crippen MR) is 53.6 cm³/mol. The standard InChI is InChI=1S/C11H10F2N2O/c12-8-3-7(4-9(13)5-8)10(16)6-11-14-1-2-15-11/h1-5,10,16H,6H2,(H,14,15). The predicted octanol–water partition coefficient (Wildman–Crippen LogP) is 1.96. The topological polar surface area (TPSA) is 48.9 Å². The van der Waals surface area contributed by atoms with Crippen LogP contribution < -0.4 is 0 Å². The molecule has 1 atom stereocenters. The van der Waals surface area contributed by atoms with E-state index in [1.54, 1.807) is 12.4 Å². The maximum atomic E-state index is 12.9. The van der Waals surface area contributed by atoms with Crippen LogP contribution in [-0.4, -0.2) is 15.1 Å². The minimum Gasteiger partial charge on any atom is -0.388 e. The second-order valence-electron chi connectivity index (χ2n) is 3.46. The van der Waals surface area contributed by atoms with Gasteiger partial charge < -0.3 is 10.1 Å². The van der Waals surface area contributed by atoms with Crippen LogP contribution in [0.15, 0.2) is 30.6 Å². The first-order chi connectivity index (χ1) is 7.65. The van der Waals surface area contributed by atoms with Gasteiger partial charge in [0.15, 0.2) is 0 Å². The molecule has 0 aliphatic carbocycles. The summed E-state index contributed by atoms with van der Waals surface area (Å²) in [5, 5.41) is 9.75. The fourth-order valence-corrected chi connectivity index (χ4v) is 1.48. The van der Waals surface area contributed by atoms with E-state index in [2.05, 4.69) is 9.97 Å². The summed E-state index contributed by atoms with van der Waals surface area (Å²) in [6.07, 6.45) is 2.38. The van der Waals surface area contributed by atoms with Gasteiger partial charge in [0.2, 0.25) is 0 Å². The quantitative estimate of drug-likeness (QED) is 0.837. The number of H-pyrrole nitrogens is 1. The van der Waals surface area contributed by atoms with Gasteiger partial charge in [-0.25, -0.2) is 13.8 Å². The molecule has 2 rings (SSSR count). The third-order valence-corrected chi connectivity index (χ3v) is 2.21. The molecule has 0 bridgehead atoms. The van der Waals surface area contributed by atoms with Gasteiger partial charge in [-0.3, -0.25) is 0 Å². The summed E-state index contributed by atoms with van der Waals surface area (Å²) in [7, 11) is 0. The highest BCUT2D eigenvalue weighted by atomic mass is 19.1. The molecule has 0 spiro atoms.